The second kappa shape index (κ2) is 5.26. The van der Waals surface area contributed by atoms with Gasteiger partial charge in [0.25, 0.3) is 5.89 Å². The molecule has 1 saturated carbocycles. The molecular formula is C14H15BrFN3O. The maximum atomic E-state index is 13.1. The van der Waals surface area contributed by atoms with Crippen LogP contribution in [0, 0.1) is 5.82 Å². The van der Waals surface area contributed by atoms with Crippen LogP contribution in [-0.2, 0) is 5.54 Å². The predicted octanol–water partition coefficient (Wildman–Crippen LogP) is 3.76. The molecule has 0 spiro atoms. The van der Waals surface area contributed by atoms with E-state index in [0.717, 1.165) is 25.7 Å². The number of hydrogen-bond acceptors (Lipinski definition) is 4. The van der Waals surface area contributed by atoms with Crippen molar-refractivity contribution in [1.82, 2.24) is 10.1 Å². The number of aromatic nitrogens is 2. The quantitative estimate of drug-likeness (QED) is 0.904. The van der Waals surface area contributed by atoms with Crippen LogP contribution < -0.4 is 5.73 Å². The van der Waals surface area contributed by atoms with Crippen LogP contribution in [0.2, 0.25) is 0 Å². The highest BCUT2D eigenvalue weighted by molar-refractivity contribution is 9.10. The van der Waals surface area contributed by atoms with Gasteiger partial charge in [-0.2, -0.15) is 4.98 Å². The van der Waals surface area contributed by atoms with Gasteiger partial charge in [-0.3, -0.25) is 0 Å². The average Bonchev–Trinajstić information content (AvgIpc) is 2.90. The molecule has 1 aromatic carbocycles. The SMILES string of the molecule is NC1(c2noc(-c3ccc(F)cc3Br)n2)CCCCC1. The molecule has 3 rings (SSSR count). The van der Waals surface area contributed by atoms with Gasteiger partial charge in [-0.25, -0.2) is 4.39 Å². The van der Waals surface area contributed by atoms with Gasteiger partial charge in [-0.1, -0.05) is 24.4 Å². The van der Waals surface area contributed by atoms with Crippen molar-refractivity contribution < 1.29 is 8.91 Å². The summed E-state index contributed by atoms with van der Waals surface area (Å²) in [5.41, 5.74) is 6.55. The molecule has 0 saturated heterocycles. The van der Waals surface area contributed by atoms with Crippen LogP contribution in [-0.4, -0.2) is 10.1 Å². The minimum Gasteiger partial charge on any atom is -0.334 e. The van der Waals surface area contributed by atoms with E-state index in [-0.39, 0.29) is 5.82 Å². The molecule has 0 atom stereocenters. The zero-order chi connectivity index (χ0) is 14.2. The average molecular weight is 340 g/mol. The molecule has 0 aliphatic heterocycles. The van der Waals surface area contributed by atoms with E-state index < -0.39 is 5.54 Å². The van der Waals surface area contributed by atoms with Gasteiger partial charge in [0.15, 0.2) is 5.82 Å². The van der Waals surface area contributed by atoms with Crippen molar-refractivity contribution in [3.63, 3.8) is 0 Å². The lowest BCUT2D eigenvalue weighted by Gasteiger charge is -2.29. The van der Waals surface area contributed by atoms with E-state index in [4.69, 9.17) is 10.3 Å². The molecule has 20 heavy (non-hydrogen) atoms. The summed E-state index contributed by atoms with van der Waals surface area (Å²) in [6, 6.07) is 4.35. The van der Waals surface area contributed by atoms with Crippen molar-refractivity contribution in [2.75, 3.05) is 0 Å². The summed E-state index contributed by atoms with van der Waals surface area (Å²) in [6.07, 6.45) is 5.11. The lowest BCUT2D eigenvalue weighted by Crippen LogP contribution is -2.39. The van der Waals surface area contributed by atoms with Gasteiger partial charge >= 0.3 is 0 Å². The second-order valence-electron chi connectivity index (χ2n) is 5.26. The fourth-order valence-corrected chi connectivity index (χ4v) is 3.12. The van der Waals surface area contributed by atoms with Gasteiger partial charge in [0, 0.05) is 4.47 Å². The van der Waals surface area contributed by atoms with Crippen molar-refractivity contribution in [1.29, 1.82) is 0 Å². The molecule has 0 unspecified atom stereocenters. The Morgan fingerprint density at radius 3 is 2.70 bits per heavy atom. The van der Waals surface area contributed by atoms with Gasteiger partial charge in [-0.15, -0.1) is 0 Å². The van der Waals surface area contributed by atoms with Gasteiger partial charge in [-0.05, 0) is 47.0 Å². The molecule has 106 valence electrons. The fraction of sp³-hybridized carbons (Fsp3) is 0.429. The summed E-state index contributed by atoms with van der Waals surface area (Å²) >= 11 is 3.30. The van der Waals surface area contributed by atoms with E-state index in [9.17, 15) is 4.39 Å². The van der Waals surface area contributed by atoms with Crippen LogP contribution in [0.1, 0.15) is 37.9 Å². The molecule has 1 aliphatic carbocycles. The van der Waals surface area contributed by atoms with Crippen LogP contribution >= 0.6 is 15.9 Å². The van der Waals surface area contributed by atoms with Crippen molar-refractivity contribution in [2.24, 2.45) is 5.73 Å². The zero-order valence-electron chi connectivity index (χ0n) is 10.9. The monoisotopic (exact) mass is 339 g/mol. The number of hydrogen-bond donors (Lipinski definition) is 1. The summed E-state index contributed by atoms with van der Waals surface area (Å²) in [5.74, 6) is 0.591. The topological polar surface area (TPSA) is 64.9 Å². The highest BCUT2D eigenvalue weighted by Crippen LogP contribution is 2.35. The van der Waals surface area contributed by atoms with Crippen LogP contribution in [0.3, 0.4) is 0 Å². The maximum absolute atomic E-state index is 13.1. The molecule has 1 aromatic heterocycles. The van der Waals surface area contributed by atoms with E-state index >= 15 is 0 Å². The molecule has 6 heteroatoms. The summed E-state index contributed by atoms with van der Waals surface area (Å²) in [6.45, 7) is 0. The third kappa shape index (κ3) is 2.50. The summed E-state index contributed by atoms with van der Waals surface area (Å²) in [5, 5.41) is 4.03. The van der Waals surface area contributed by atoms with E-state index in [1.165, 1.54) is 18.6 Å². The van der Waals surface area contributed by atoms with Crippen LogP contribution in [0.25, 0.3) is 11.5 Å². The molecule has 2 N–H and O–H groups in total. The lowest BCUT2D eigenvalue weighted by molar-refractivity contribution is 0.275. The number of rotatable bonds is 2. The number of halogens is 2. The van der Waals surface area contributed by atoms with Crippen molar-refractivity contribution >= 4 is 15.9 Å². The standard InChI is InChI=1S/C14H15BrFN3O/c15-11-8-9(16)4-5-10(11)12-18-13(19-20-12)14(17)6-2-1-3-7-14/h4-5,8H,1-3,6-7,17H2. The fourth-order valence-electron chi connectivity index (χ4n) is 2.60. The number of nitrogens with two attached hydrogens (primary N) is 1. The third-order valence-electron chi connectivity index (χ3n) is 3.78. The second-order valence-corrected chi connectivity index (χ2v) is 6.12. The molecule has 0 radical (unpaired) electrons. The van der Waals surface area contributed by atoms with E-state index in [2.05, 4.69) is 26.1 Å². The largest absolute Gasteiger partial charge is 0.334 e. The molecule has 1 aliphatic rings. The van der Waals surface area contributed by atoms with E-state index in [0.29, 0.717) is 21.8 Å². The first-order valence-electron chi connectivity index (χ1n) is 6.67. The first-order valence-corrected chi connectivity index (χ1v) is 7.46. The minimum atomic E-state index is -0.494. The van der Waals surface area contributed by atoms with Gasteiger partial charge in [0.05, 0.1) is 11.1 Å². The predicted molar refractivity (Wildman–Crippen MR) is 76.3 cm³/mol. The first kappa shape index (κ1) is 13.7. The summed E-state index contributed by atoms with van der Waals surface area (Å²) < 4.78 is 19.0. The number of nitrogens with zero attached hydrogens (tertiary/aromatic N) is 2. The Kier molecular flexibility index (Phi) is 3.60. The molecule has 1 heterocycles. The highest BCUT2D eigenvalue weighted by atomic mass is 79.9. The Morgan fingerprint density at radius 1 is 1.25 bits per heavy atom. The van der Waals surface area contributed by atoms with Crippen molar-refractivity contribution in [3.05, 3.63) is 34.3 Å². The molecule has 0 amide bonds. The Balaban J connectivity index is 1.93. The van der Waals surface area contributed by atoms with Gasteiger partial charge < -0.3 is 10.3 Å². The molecule has 1 fully saturated rings. The maximum Gasteiger partial charge on any atom is 0.259 e. The van der Waals surface area contributed by atoms with Crippen molar-refractivity contribution in [3.8, 4) is 11.5 Å². The van der Waals surface area contributed by atoms with E-state index in [1.807, 2.05) is 0 Å². The zero-order valence-corrected chi connectivity index (χ0v) is 12.5. The molecule has 2 aromatic rings. The van der Waals surface area contributed by atoms with Crippen LogP contribution in [0.15, 0.2) is 27.2 Å². The van der Waals surface area contributed by atoms with E-state index in [1.54, 1.807) is 6.07 Å². The third-order valence-corrected chi connectivity index (χ3v) is 4.43. The normalized spacial score (nSPS) is 18.1. The minimum absolute atomic E-state index is 0.317. The Morgan fingerprint density at radius 2 is 2.00 bits per heavy atom. The Hall–Kier alpha value is -1.27. The summed E-state index contributed by atoms with van der Waals surface area (Å²) in [4.78, 5) is 4.41. The van der Waals surface area contributed by atoms with Gasteiger partial charge in [0.2, 0.25) is 0 Å². The highest BCUT2D eigenvalue weighted by Gasteiger charge is 2.34. The molecule has 0 bridgehead atoms. The van der Waals surface area contributed by atoms with Crippen molar-refractivity contribution in [2.45, 2.75) is 37.6 Å². The lowest BCUT2D eigenvalue weighted by atomic mass is 9.82. The smallest absolute Gasteiger partial charge is 0.259 e. The number of benzene rings is 1. The van der Waals surface area contributed by atoms with Gasteiger partial charge in [0.1, 0.15) is 5.82 Å². The Bertz CT molecular complexity index is 623. The Labute approximate surface area is 124 Å². The van der Waals surface area contributed by atoms with Crippen LogP contribution in [0.5, 0.6) is 0 Å². The first-order chi connectivity index (χ1) is 9.58. The summed E-state index contributed by atoms with van der Waals surface area (Å²) in [7, 11) is 0. The molecular weight excluding hydrogens is 325 g/mol. The van der Waals surface area contributed by atoms with Crippen LogP contribution in [0.4, 0.5) is 4.39 Å². The molecule has 4 nitrogen and oxygen atoms in total.